The molecule has 0 aliphatic rings. The van der Waals surface area contributed by atoms with Crippen LogP contribution in [-0.2, 0) is 4.79 Å². The molecule has 0 saturated carbocycles. The van der Waals surface area contributed by atoms with E-state index in [1.165, 1.54) is 11.3 Å². The summed E-state index contributed by atoms with van der Waals surface area (Å²) < 4.78 is 5.17. The predicted octanol–water partition coefficient (Wildman–Crippen LogP) is 2.91. The quantitative estimate of drug-likeness (QED) is 0.771. The molecule has 2 aromatic rings. The van der Waals surface area contributed by atoms with Crippen LogP contribution in [0.4, 0.5) is 5.69 Å². The van der Waals surface area contributed by atoms with E-state index >= 15 is 0 Å². The normalized spacial score (nSPS) is 10.0. The van der Waals surface area contributed by atoms with Crippen LogP contribution in [0.25, 0.3) is 0 Å². The first-order chi connectivity index (χ1) is 10.7. The van der Waals surface area contributed by atoms with Gasteiger partial charge < -0.3 is 15.4 Å². The van der Waals surface area contributed by atoms with Crippen LogP contribution in [0.1, 0.15) is 23.2 Å². The number of nitrogens with one attached hydrogen (secondary N) is 2. The molecule has 0 aliphatic carbocycles. The molecule has 5 nitrogen and oxygen atoms in total. The molecule has 0 spiro atoms. The summed E-state index contributed by atoms with van der Waals surface area (Å²) in [5.41, 5.74) is 1.31. The molecule has 0 bridgehead atoms. The fourth-order valence-electron chi connectivity index (χ4n) is 1.91. The lowest BCUT2D eigenvalue weighted by atomic mass is 10.2. The number of carbonyl (C=O) groups is 2. The summed E-state index contributed by atoms with van der Waals surface area (Å²) in [5, 5.41) is 9.24. The average Bonchev–Trinajstić information content (AvgIpc) is 3.06. The van der Waals surface area contributed by atoms with Crippen molar-refractivity contribution in [1.82, 2.24) is 5.32 Å². The van der Waals surface area contributed by atoms with Crippen LogP contribution in [0.3, 0.4) is 0 Å². The van der Waals surface area contributed by atoms with E-state index in [1.807, 2.05) is 17.5 Å². The van der Waals surface area contributed by atoms with Gasteiger partial charge in [-0.25, -0.2) is 0 Å². The zero-order valence-electron chi connectivity index (χ0n) is 12.3. The minimum absolute atomic E-state index is 0.103. The van der Waals surface area contributed by atoms with E-state index in [-0.39, 0.29) is 11.8 Å². The molecule has 2 rings (SSSR count). The number of hydrogen-bond donors (Lipinski definition) is 2. The fourth-order valence-corrected chi connectivity index (χ4v) is 2.54. The zero-order valence-corrected chi connectivity index (χ0v) is 13.1. The minimum Gasteiger partial charge on any atom is -0.495 e. The molecule has 2 N–H and O–H groups in total. The van der Waals surface area contributed by atoms with E-state index in [9.17, 15) is 9.59 Å². The first-order valence-electron chi connectivity index (χ1n) is 6.94. The summed E-state index contributed by atoms with van der Waals surface area (Å²) in [7, 11) is 1.56. The number of methoxy groups -OCH3 is 1. The summed E-state index contributed by atoms with van der Waals surface area (Å²) in [6.07, 6.45) is 0.916. The van der Waals surface area contributed by atoms with E-state index in [0.29, 0.717) is 36.4 Å². The number of thiophene rings is 1. The smallest absolute Gasteiger partial charge is 0.252 e. The van der Waals surface area contributed by atoms with Crippen LogP contribution in [0.2, 0.25) is 0 Å². The Morgan fingerprint density at radius 3 is 2.77 bits per heavy atom. The second-order valence-electron chi connectivity index (χ2n) is 4.62. The van der Waals surface area contributed by atoms with Crippen molar-refractivity contribution in [1.29, 1.82) is 0 Å². The highest BCUT2D eigenvalue weighted by Crippen LogP contribution is 2.23. The Kier molecular flexibility index (Phi) is 5.97. The lowest BCUT2D eigenvalue weighted by molar-refractivity contribution is -0.116. The summed E-state index contributed by atoms with van der Waals surface area (Å²) in [4.78, 5) is 23.6. The van der Waals surface area contributed by atoms with Crippen LogP contribution in [0, 0.1) is 0 Å². The first-order valence-corrected chi connectivity index (χ1v) is 7.88. The van der Waals surface area contributed by atoms with Gasteiger partial charge in [0.2, 0.25) is 5.91 Å². The molecule has 1 aromatic heterocycles. The first kappa shape index (κ1) is 16.0. The number of rotatable bonds is 7. The van der Waals surface area contributed by atoms with Crippen molar-refractivity contribution < 1.29 is 14.3 Å². The Morgan fingerprint density at radius 1 is 1.23 bits per heavy atom. The van der Waals surface area contributed by atoms with Crippen LogP contribution >= 0.6 is 11.3 Å². The van der Waals surface area contributed by atoms with Gasteiger partial charge in [-0.15, -0.1) is 0 Å². The van der Waals surface area contributed by atoms with Crippen molar-refractivity contribution in [2.24, 2.45) is 0 Å². The Balaban J connectivity index is 1.71. The van der Waals surface area contributed by atoms with Gasteiger partial charge in [-0.1, -0.05) is 12.1 Å². The van der Waals surface area contributed by atoms with E-state index in [1.54, 1.807) is 30.7 Å². The van der Waals surface area contributed by atoms with Gasteiger partial charge in [0.1, 0.15) is 5.75 Å². The molecule has 6 heteroatoms. The Labute approximate surface area is 133 Å². The predicted molar refractivity (Wildman–Crippen MR) is 87.5 cm³/mol. The third kappa shape index (κ3) is 4.60. The maximum atomic E-state index is 11.9. The third-order valence-electron chi connectivity index (χ3n) is 3.03. The number of ether oxygens (including phenoxy) is 1. The molecule has 0 radical (unpaired) electrons. The molecule has 0 fully saturated rings. The number of amides is 2. The Morgan fingerprint density at radius 2 is 2.05 bits per heavy atom. The standard InChI is InChI=1S/C16H18N2O3S/c1-21-14-6-3-2-5-13(14)18-15(19)7-4-9-17-16(20)12-8-10-22-11-12/h2-3,5-6,8,10-11H,4,7,9H2,1H3,(H,17,20)(H,18,19). The third-order valence-corrected chi connectivity index (χ3v) is 3.71. The van der Waals surface area contributed by atoms with Crippen molar-refractivity contribution in [3.8, 4) is 5.75 Å². The largest absolute Gasteiger partial charge is 0.495 e. The molecule has 0 saturated heterocycles. The highest BCUT2D eigenvalue weighted by Gasteiger charge is 2.08. The number of hydrogen-bond acceptors (Lipinski definition) is 4. The van der Waals surface area contributed by atoms with Crippen LogP contribution < -0.4 is 15.4 Å². The molecular weight excluding hydrogens is 300 g/mol. The van der Waals surface area contributed by atoms with E-state index < -0.39 is 0 Å². The molecule has 1 aromatic carbocycles. The van der Waals surface area contributed by atoms with Crippen LogP contribution in [0.15, 0.2) is 41.1 Å². The van der Waals surface area contributed by atoms with Crippen molar-refractivity contribution in [3.63, 3.8) is 0 Å². The minimum atomic E-state index is -0.105. The van der Waals surface area contributed by atoms with Gasteiger partial charge in [0.15, 0.2) is 0 Å². The Hall–Kier alpha value is -2.34. The van der Waals surface area contributed by atoms with Crippen molar-refractivity contribution in [2.75, 3.05) is 19.0 Å². The second-order valence-corrected chi connectivity index (χ2v) is 5.40. The van der Waals surface area contributed by atoms with Crippen molar-refractivity contribution in [2.45, 2.75) is 12.8 Å². The highest BCUT2D eigenvalue weighted by molar-refractivity contribution is 7.08. The van der Waals surface area contributed by atoms with Crippen molar-refractivity contribution >= 4 is 28.8 Å². The molecule has 2 amide bonds. The van der Waals surface area contributed by atoms with E-state index in [4.69, 9.17) is 4.74 Å². The number of para-hydroxylation sites is 2. The highest BCUT2D eigenvalue weighted by atomic mass is 32.1. The fraction of sp³-hybridized carbons (Fsp3) is 0.250. The van der Waals surface area contributed by atoms with Crippen LogP contribution in [-0.4, -0.2) is 25.5 Å². The van der Waals surface area contributed by atoms with E-state index in [2.05, 4.69) is 10.6 Å². The summed E-state index contributed by atoms with van der Waals surface area (Å²) in [6.45, 7) is 0.466. The molecule has 0 unspecified atom stereocenters. The maximum absolute atomic E-state index is 11.9. The molecule has 0 aliphatic heterocycles. The van der Waals surface area contributed by atoms with Gasteiger partial charge in [-0.3, -0.25) is 9.59 Å². The van der Waals surface area contributed by atoms with Gasteiger partial charge in [0.05, 0.1) is 12.8 Å². The monoisotopic (exact) mass is 318 g/mol. The number of anilines is 1. The lowest BCUT2D eigenvalue weighted by Gasteiger charge is -2.09. The maximum Gasteiger partial charge on any atom is 0.252 e. The van der Waals surface area contributed by atoms with Gasteiger partial charge >= 0.3 is 0 Å². The summed E-state index contributed by atoms with van der Waals surface area (Å²) in [5.74, 6) is 0.419. The SMILES string of the molecule is COc1ccccc1NC(=O)CCCNC(=O)c1ccsc1. The molecule has 0 atom stereocenters. The molecular formula is C16H18N2O3S. The molecule has 116 valence electrons. The average molecular weight is 318 g/mol. The zero-order chi connectivity index (χ0) is 15.8. The van der Waals surface area contributed by atoms with Gasteiger partial charge in [0, 0.05) is 23.9 Å². The van der Waals surface area contributed by atoms with Crippen LogP contribution in [0.5, 0.6) is 5.75 Å². The lowest BCUT2D eigenvalue weighted by Crippen LogP contribution is -2.25. The number of carbonyl (C=O) groups excluding carboxylic acids is 2. The summed E-state index contributed by atoms with van der Waals surface area (Å²) in [6, 6.07) is 9.02. The molecule has 1 heterocycles. The topological polar surface area (TPSA) is 67.4 Å². The summed E-state index contributed by atoms with van der Waals surface area (Å²) >= 11 is 1.48. The van der Waals surface area contributed by atoms with Gasteiger partial charge in [-0.05, 0) is 30.0 Å². The molecule has 22 heavy (non-hydrogen) atoms. The van der Waals surface area contributed by atoms with Gasteiger partial charge in [-0.2, -0.15) is 11.3 Å². The number of benzene rings is 1. The van der Waals surface area contributed by atoms with E-state index in [0.717, 1.165) is 0 Å². The van der Waals surface area contributed by atoms with Gasteiger partial charge in [0.25, 0.3) is 5.91 Å². The Bertz CT molecular complexity index is 626. The second kappa shape index (κ2) is 8.19. The van der Waals surface area contributed by atoms with Crippen molar-refractivity contribution in [3.05, 3.63) is 46.7 Å².